The SMILES string of the molecule is CC(C)(C)Cc1cc(-c2cc(C(C)(c3cccc(-c4ccc(-c5ccccc5)cc4)c3)c3ccccn3)cc3c2oc2c3ccc3ccc4ccccc4c32)nc(C(C)(c2ccccc2)c2ccccn2)c1. The van der Waals surface area contributed by atoms with Crippen molar-refractivity contribution in [1.29, 1.82) is 0 Å². The van der Waals surface area contributed by atoms with Gasteiger partial charge in [-0.1, -0.05) is 178 Å². The first kappa shape index (κ1) is 44.7. The second-order valence-corrected chi connectivity index (χ2v) is 20.9. The van der Waals surface area contributed by atoms with Gasteiger partial charge >= 0.3 is 0 Å². The summed E-state index contributed by atoms with van der Waals surface area (Å²) in [6, 6.07) is 78.4. The van der Waals surface area contributed by atoms with E-state index in [0.717, 1.165) is 101 Å². The monoisotopic (exact) mass is 929 g/mol. The largest absolute Gasteiger partial charge is 0.455 e. The number of benzene rings is 8. The second-order valence-electron chi connectivity index (χ2n) is 20.9. The fraction of sp³-hybridized carbons (Fsp3) is 0.132. The summed E-state index contributed by atoms with van der Waals surface area (Å²) in [5.74, 6) is 0. The molecule has 0 spiro atoms. The Hall–Kier alpha value is -8.47. The third-order valence-electron chi connectivity index (χ3n) is 14.9. The van der Waals surface area contributed by atoms with Crippen molar-refractivity contribution in [2.45, 2.75) is 51.9 Å². The molecule has 0 amide bonds. The summed E-state index contributed by atoms with van der Waals surface area (Å²) >= 11 is 0. The van der Waals surface area contributed by atoms with Crippen LogP contribution in [0.15, 0.2) is 235 Å². The lowest BCUT2D eigenvalue weighted by molar-refractivity contribution is 0.410. The molecule has 12 rings (SSSR count). The Morgan fingerprint density at radius 3 is 1.69 bits per heavy atom. The summed E-state index contributed by atoms with van der Waals surface area (Å²) in [4.78, 5) is 16.0. The number of fused-ring (bicyclic) bond motifs is 7. The van der Waals surface area contributed by atoms with Gasteiger partial charge in [0, 0.05) is 34.1 Å². The molecule has 0 saturated heterocycles. The summed E-state index contributed by atoms with van der Waals surface area (Å²) in [6.07, 6.45) is 4.64. The molecule has 0 fully saturated rings. The number of pyridine rings is 3. The first-order chi connectivity index (χ1) is 35.0. The second kappa shape index (κ2) is 17.7. The van der Waals surface area contributed by atoms with Gasteiger partial charge in [0.25, 0.3) is 0 Å². The highest BCUT2D eigenvalue weighted by molar-refractivity contribution is 6.24. The van der Waals surface area contributed by atoms with Crippen LogP contribution in [0.3, 0.4) is 0 Å². The van der Waals surface area contributed by atoms with Crippen LogP contribution >= 0.6 is 0 Å². The van der Waals surface area contributed by atoms with Crippen LogP contribution < -0.4 is 0 Å². The van der Waals surface area contributed by atoms with Crippen LogP contribution in [0.2, 0.25) is 0 Å². The Morgan fingerprint density at radius 1 is 0.389 bits per heavy atom. The lowest BCUT2D eigenvalue weighted by Gasteiger charge is -2.32. The predicted molar refractivity (Wildman–Crippen MR) is 298 cm³/mol. The number of nitrogens with zero attached hydrogens (tertiary/aromatic N) is 3. The molecule has 4 nitrogen and oxygen atoms in total. The van der Waals surface area contributed by atoms with Gasteiger partial charge in [-0.15, -0.1) is 0 Å². The molecule has 0 radical (unpaired) electrons. The molecule has 72 heavy (non-hydrogen) atoms. The Morgan fingerprint density at radius 2 is 0.986 bits per heavy atom. The molecule has 0 aliphatic carbocycles. The van der Waals surface area contributed by atoms with Gasteiger partial charge in [-0.05, 0) is 147 Å². The fourth-order valence-corrected chi connectivity index (χ4v) is 11.1. The third kappa shape index (κ3) is 7.84. The van der Waals surface area contributed by atoms with Gasteiger partial charge in [-0.25, -0.2) is 0 Å². The number of rotatable bonds is 10. The minimum absolute atomic E-state index is 0.00895. The maximum absolute atomic E-state index is 7.42. The van der Waals surface area contributed by atoms with Crippen molar-refractivity contribution in [1.82, 2.24) is 15.0 Å². The van der Waals surface area contributed by atoms with Crippen molar-refractivity contribution in [2.75, 3.05) is 0 Å². The zero-order chi connectivity index (χ0) is 49.0. The van der Waals surface area contributed by atoms with E-state index in [1.54, 1.807) is 0 Å². The summed E-state index contributed by atoms with van der Waals surface area (Å²) in [6.45, 7) is 11.5. The molecule has 2 unspecified atom stereocenters. The molecule has 8 aromatic carbocycles. The molecular formula is C68H55N3O. The maximum Gasteiger partial charge on any atom is 0.144 e. The fourth-order valence-electron chi connectivity index (χ4n) is 11.1. The highest BCUT2D eigenvalue weighted by atomic mass is 16.3. The van der Waals surface area contributed by atoms with Gasteiger partial charge in [-0.3, -0.25) is 15.0 Å². The van der Waals surface area contributed by atoms with Crippen molar-refractivity contribution in [3.63, 3.8) is 0 Å². The molecule has 12 aromatic rings. The van der Waals surface area contributed by atoms with Gasteiger partial charge in [-0.2, -0.15) is 0 Å². The molecule has 4 aromatic heterocycles. The number of aromatic nitrogens is 3. The summed E-state index contributed by atoms with van der Waals surface area (Å²) in [7, 11) is 0. The molecule has 0 bridgehead atoms. The molecule has 0 aliphatic heterocycles. The Bertz CT molecular complexity index is 3890. The smallest absolute Gasteiger partial charge is 0.144 e. The van der Waals surface area contributed by atoms with Crippen molar-refractivity contribution >= 4 is 43.5 Å². The van der Waals surface area contributed by atoms with E-state index in [4.69, 9.17) is 19.4 Å². The van der Waals surface area contributed by atoms with Crippen molar-refractivity contribution in [2.24, 2.45) is 5.41 Å². The number of furan rings is 1. The molecule has 0 saturated carbocycles. The molecule has 2 atom stereocenters. The normalized spacial score (nSPS) is 13.6. The van der Waals surface area contributed by atoms with E-state index in [0.29, 0.717) is 0 Å². The zero-order valence-corrected chi connectivity index (χ0v) is 41.4. The van der Waals surface area contributed by atoms with Gasteiger partial charge in [0.1, 0.15) is 11.2 Å². The Balaban J connectivity index is 1.15. The van der Waals surface area contributed by atoms with Crippen LogP contribution in [0.4, 0.5) is 0 Å². The molecule has 0 N–H and O–H groups in total. The first-order valence-electron chi connectivity index (χ1n) is 25.0. The minimum atomic E-state index is -0.726. The molecule has 0 aliphatic rings. The molecular weight excluding hydrogens is 875 g/mol. The van der Waals surface area contributed by atoms with E-state index >= 15 is 0 Å². The summed E-state index contributed by atoms with van der Waals surface area (Å²) in [5, 5.41) is 6.66. The quantitative estimate of drug-likeness (QED) is 0.128. The van der Waals surface area contributed by atoms with Gasteiger partial charge in [0.2, 0.25) is 0 Å². The van der Waals surface area contributed by atoms with Crippen LogP contribution in [0.5, 0.6) is 0 Å². The van der Waals surface area contributed by atoms with Crippen molar-refractivity contribution in [3.05, 3.63) is 270 Å². The van der Waals surface area contributed by atoms with Crippen LogP contribution in [-0.2, 0) is 17.3 Å². The molecule has 4 heterocycles. The average molecular weight is 930 g/mol. The number of hydrogen-bond acceptors (Lipinski definition) is 4. The summed E-state index contributed by atoms with van der Waals surface area (Å²) < 4.78 is 7.42. The van der Waals surface area contributed by atoms with Crippen LogP contribution in [-0.4, -0.2) is 15.0 Å². The van der Waals surface area contributed by atoms with Crippen LogP contribution in [0.1, 0.15) is 74.0 Å². The minimum Gasteiger partial charge on any atom is -0.455 e. The van der Waals surface area contributed by atoms with E-state index < -0.39 is 10.8 Å². The van der Waals surface area contributed by atoms with E-state index in [1.165, 1.54) is 22.1 Å². The Labute approximate surface area is 421 Å². The van der Waals surface area contributed by atoms with E-state index in [9.17, 15) is 0 Å². The van der Waals surface area contributed by atoms with Crippen molar-refractivity contribution < 1.29 is 4.42 Å². The lowest BCUT2D eigenvalue weighted by Crippen LogP contribution is -2.28. The number of hydrogen-bond donors (Lipinski definition) is 0. The van der Waals surface area contributed by atoms with E-state index in [1.807, 2.05) is 24.5 Å². The van der Waals surface area contributed by atoms with Gasteiger partial charge < -0.3 is 4.42 Å². The average Bonchev–Trinajstić information content (AvgIpc) is 3.81. The Kier molecular flexibility index (Phi) is 11.0. The highest BCUT2D eigenvalue weighted by Crippen LogP contribution is 2.48. The van der Waals surface area contributed by atoms with Crippen LogP contribution in [0.25, 0.3) is 77.0 Å². The molecule has 4 heteroatoms. The van der Waals surface area contributed by atoms with Gasteiger partial charge in [0.15, 0.2) is 0 Å². The summed E-state index contributed by atoms with van der Waals surface area (Å²) in [5.41, 5.74) is 14.0. The van der Waals surface area contributed by atoms with Crippen molar-refractivity contribution in [3.8, 4) is 33.5 Å². The highest BCUT2D eigenvalue weighted by Gasteiger charge is 2.37. The first-order valence-corrected chi connectivity index (χ1v) is 25.0. The van der Waals surface area contributed by atoms with E-state index in [-0.39, 0.29) is 5.41 Å². The third-order valence-corrected chi connectivity index (χ3v) is 14.9. The standard InChI is InChI=1S/C68H55N3O/c1-66(2,3)44-45-39-59(71-62(40-45)68(5,52-23-10-7-11-24-52)61-28-15-17-38-70-61)58-43-54(42-57-56-36-35-50-34-33-49-21-12-13-26-55(49)63(50)65(56)72-64(57)58)67(4,60-27-14-16-37-69-60)53-25-18-22-51(41-53)48-31-29-47(30-32-48)46-19-8-6-9-20-46/h6-43H,44H2,1-5H3. The maximum atomic E-state index is 7.42. The van der Waals surface area contributed by atoms with Gasteiger partial charge in [0.05, 0.1) is 33.6 Å². The molecule has 348 valence electrons. The van der Waals surface area contributed by atoms with Crippen LogP contribution in [0, 0.1) is 5.41 Å². The zero-order valence-electron chi connectivity index (χ0n) is 41.4. The lowest BCUT2D eigenvalue weighted by atomic mass is 9.72. The topological polar surface area (TPSA) is 51.8 Å². The predicted octanol–water partition coefficient (Wildman–Crippen LogP) is 17.4. The van der Waals surface area contributed by atoms with E-state index in [2.05, 4.69) is 241 Å².